The minimum atomic E-state index is -0.276. The molecule has 0 atom stereocenters. The Morgan fingerprint density at radius 1 is 0.852 bits per heavy atom. The van der Waals surface area contributed by atoms with Crippen molar-refractivity contribution >= 4 is 68.2 Å². The molecule has 1 aliphatic heterocycles. The Morgan fingerprint density at radius 2 is 1.61 bits per heavy atom. The first-order valence-electron chi connectivity index (χ1n) is 21.5. The van der Waals surface area contributed by atoms with Crippen molar-refractivity contribution in [1.82, 2.24) is 34.7 Å². The molecule has 16 heteroatoms. The van der Waals surface area contributed by atoms with Gasteiger partial charge in [-0.15, -0.1) is 11.3 Å². The molecular weight excluding hydrogens is 791 g/mol. The number of hydrogen-bond acceptors (Lipinski definition) is 13. The van der Waals surface area contributed by atoms with E-state index in [0.717, 1.165) is 112 Å². The summed E-state index contributed by atoms with van der Waals surface area (Å²) in [6.07, 6.45) is 11.3. The van der Waals surface area contributed by atoms with Gasteiger partial charge in [0.25, 0.3) is 11.5 Å². The topological polar surface area (TPSA) is 179 Å². The lowest BCUT2D eigenvalue weighted by molar-refractivity contribution is -0.122. The number of rotatable bonds is 17. The van der Waals surface area contributed by atoms with Crippen molar-refractivity contribution in [3.8, 4) is 0 Å². The van der Waals surface area contributed by atoms with Crippen molar-refractivity contribution in [3.63, 3.8) is 0 Å². The highest BCUT2D eigenvalue weighted by Crippen LogP contribution is 2.32. The van der Waals surface area contributed by atoms with E-state index in [-0.39, 0.29) is 34.8 Å². The quantitative estimate of drug-likeness (QED) is 0.0552. The number of benzene rings is 1. The second kappa shape index (κ2) is 19.8. The number of unbranched alkanes of at least 4 members (excludes halogenated alkanes) is 3. The number of amides is 2. The van der Waals surface area contributed by atoms with Crippen molar-refractivity contribution in [3.05, 3.63) is 85.9 Å². The van der Waals surface area contributed by atoms with Gasteiger partial charge < -0.3 is 20.9 Å². The normalized spacial score (nSPS) is 14.7. The van der Waals surface area contributed by atoms with E-state index in [1.807, 2.05) is 57.3 Å². The Bertz CT molecular complexity index is 2410. The van der Waals surface area contributed by atoms with Crippen LogP contribution in [0.5, 0.6) is 0 Å². The summed E-state index contributed by atoms with van der Waals surface area (Å²) in [6.45, 7) is 14.1. The van der Waals surface area contributed by atoms with Gasteiger partial charge in [0.15, 0.2) is 10.9 Å². The summed E-state index contributed by atoms with van der Waals surface area (Å²) >= 11 is 1.48. The molecule has 1 aromatic carbocycles. The van der Waals surface area contributed by atoms with E-state index in [4.69, 9.17) is 4.98 Å². The number of nitrogens with zero attached hydrogens (tertiary/aromatic N) is 7. The Labute approximate surface area is 360 Å². The Hall–Kier alpha value is -5.74. The zero-order chi connectivity index (χ0) is 43.0. The SMILES string of the molecule is CC(=O)c1c(C)c2cnc(Nc3ccc(N4CCN(CC(=O)NCCCCCCNc5cccc(C(=O)Nc6nc(C)c(C)s6)c5C)CC4)cn3)nc2n(C2CCCC2)c1=O. The van der Waals surface area contributed by atoms with Crippen molar-refractivity contribution in [2.45, 2.75) is 92.0 Å². The largest absolute Gasteiger partial charge is 0.385 e. The van der Waals surface area contributed by atoms with E-state index in [1.54, 1.807) is 17.7 Å². The number of piperazine rings is 1. The van der Waals surface area contributed by atoms with Crippen LogP contribution in [0.3, 0.4) is 0 Å². The van der Waals surface area contributed by atoms with Gasteiger partial charge in [0.2, 0.25) is 11.9 Å². The third-order valence-corrected chi connectivity index (χ3v) is 12.9. The van der Waals surface area contributed by atoms with Crippen LogP contribution in [-0.4, -0.2) is 92.8 Å². The van der Waals surface area contributed by atoms with Gasteiger partial charge in [-0.25, -0.2) is 15.0 Å². The van der Waals surface area contributed by atoms with E-state index in [1.165, 1.54) is 18.3 Å². The number of nitrogens with one attached hydrogen (secondary N) is 4. The lowest BCUT2D eigenvalue weighted by Crippen LogP contribution is -2.49. The van der Waals surface area contributed by atoms with Crippen molar-refractivity contribution in [1.29, 1.82) is 0 Å². The fraction of sp³-hybridized carbons (Fsp3) is 0.467. The van der Waals surface area contributed by atoms with Crippen molar-refractivity contribution in [2.75, 3.05) is 66.7 Å². The van der Waals surface area contributed by atoms with E-state index in [2.05, 4.69) is 46.0 Å². The van der Waals surface area contributed by atoms with E-state index in [0.29, 0.717) is 52.1 Å². The summed E-state index contributed by atoms with van der Waals surface area (Å²) < 4.78 is 1.71. The van der Waals surface area contributed by atoms with Crippen LogP contribution in [0, 0.1) is 27.7 Å². The number of Topliss-reactive ketones (excluding diaryl/α,β-unsaturated/α-hetero) is 1. The summed E-state index contributed by atoms with van der Waals surface area (Å²) in [5.74, 6) is 0.576. The smallest absolute Gasteiger partial charge is 0.263 e. The molecule has 0 radical (unpaired) electrons. The highest BCUT2D eigenvalue weighted by Gasteiger charge is 2.26. The summed E-state index contributed by atoms with van der Waals surface area (Å²) in [5, 5.41) is 14.0. The lowest BCUT2D eigenvalue weighted by Gasteiger charge is -2.35. The number of ketones is 1. The number of carbonyl (C=O) groups excluding carboxylic acids is 3. The molecule has 4 aromatic heterocycles. The number of aromatic nitrogens is 5. The van der Waals surface area contributed by atoms with Crippen LogP contribution < -0.4 is 31.7 Å². The molecule has 2 aliphatic rings. The van der Waals surface area contributed by atoms with Gasteiger partial charge in [0.1, 0.15) is 11.5 Å². The van der Waals surface area contributed by atoms with E-state index >= 15 is 0 Å². The van der Waals surface area contributed by atoms with Gasteiger partial charge in [0, 0.05) is 73.0 Å². The van der Waals surface area contributed by atoms with Crippen LogP contribution in [0.15, 0.2) is 47.5 Å². The first-order valence-corrected chi connectivity index (χ1v) is 22.3. The molecule has 1 saturated heterocycles. The number of hydrogen-bond donors (Lipinski definition) is 4. The average molecular weight is 848 g/mol. The van der Waals surface area contributed by atoms with Gasteiger partial charge >= 0.3 is 0 Å². The molecule has 4 N–H and O–H groups in total. The molecule has 0 spiro atoms. The van der Waals surface area contributed by atoms with Gasteiger partial charge in [0.05, 0.1) is 29.7 Å². The molecule has 1 aliphatic carbocycles. The predicted molar refractivity (Wildman–Crippen MR) is 243 cm³/mol. The lowest BCUT2D eigenvalue weighted by atomic mass is 10.0. The van der Waals surface area contributed by atoms with Crippen LogP contribution >= 0.6 is 11.3 Å². The zero-order valence-electron chi connectivity index (χ0n) is 35.9. The number of aryl methyl sites for hydroxylation is 3. The summed E-state index contributed by atoms with van der Waals surface area (Å²) in [6, 6.07) is 9.65. The minimum absolute atomic E-state index is 0.00781. The molecule has 61 heavy (non-hydrogen) atoms. The maximum Gasteiger partial charge on any atom is 0.263 e. The highest BCUT2D eigenvalue weighted by atomic mass is 32.1. The Kier molecular flexibility index (Phi) is 14.0. The predicted octanol–water partition coefficient (Wildman–Crippen LogP) is 7.10. The molecule has 0 unspecified atom stereocenters. The standard InChI is InChI=1S/C45H57N11O4S/c1-28-35(42(59)53-45-50-30(3)32(5)61-45)15-12-16-37(28)46-19-10-6-7-11-20-47-39(58)27-54-21-23-55(24-22-54)34-17-18-38(48-25-34)51-44-49-26-36-29(2)40(31(4)57)43(60)56(41(36)52-44)33-13-8-9-14-33/h12,15-18,25-26,33,46H,6-11,13-14,19-24,27H2,1-5H3,(H,47,58)(H,50,53,59)(H,48,49,51,52). The molecular formula is C45H57N11O4S. The zero-order valence-corrected chi connectivity index (χ0v) is 36.7. The number of carbonyl (C=O) groups is 3. The van der Waals surface area contributed by atoms with Gasteiger partial charge in [-0.3, -0.25) is 34.0 Å². The average Bonchev–Trinajstić information content (AvgIpc) is 3.88. The molecule has 5 aromatic rings. The Morgan fingerprint density at radius 3 is 2.30 bits per heavy atom. The second-order valence-electron chi connectivity index (χ2n) is 16.2. The molecule has 322 valence electrons. The summed E-state index contributed by atoms with van der Waals surface area (Å²) in [7, 11) is 0. The minimum Gasteiger partial charge on any atom is -0.385 e. The molecule has 7 rings (SSSR count). The first kappa shape index (κ1) is 43.4. The highest BCUT2D eigenvalue weighted by molar-refractivity contribution is 7.15. The molecule has 2 fully saturated rings. The van der Waals surface area contributed by atoms with Crippen molar-refractivity contribution in [2.24, 2.45) is 0 Å². The monoisotopic (exact) mass is 847 g/mol. The fourth-order valence-corrected chi connectivity index (χ4v) is 9.12. The van der Waals surface area contributed by atoms with E-state index < -0.39 is 0 Å². The molecule has 1 saturated carbocycles. The number of anilines is 5. The molecule has 0 bridgehead atoms. The fourth-order valence-electron chi connectivity index (χ4n) is 8.31. The first-order chi connectivity index (χ1) is 29.5. The van der Waals surface area contributed by atoms with E-state index in [9.17, 15) is 19.2 Å². The van der Waals surface area contributed by atoms with Crippen LogP contribution in [0.25, 0.3) is 11.0 Å². The van der Waals surface area contributed by atoms with Crippen LogP contribution in [0.4, 0.5) is 28.3 Å². The van der Waals surface area contributed by atoms with Crippen LogP contribution in [-0.2, 0) is 4.79 Å². The van der Waals surface area contributed by atoms with Gasteiger partial charge in [-0.2, -0.15) is 4.98 Å². The molecule has 15 nitrogen and oxygen atoms in total. The van der Waals surface area contributed by atoms with Gasteiger partial charge in [-0.1, -0.05) is 31.7 Å². The Balaban J connectivity index is 0.798. The van der Waals surface area contributed by atoms with Gasteiger partial charge in [-0.05, 0) is 95.7 Å². The second-order valence-corrected chi connectivity index (χ2v) is 17.4. The maximum atomic E-state index is 13.6. The summed E-state index contributed by atoms with van der Waals surface area (Å²) in [4.78, 5) is 75.6. The van der Waals surface area contributed by atoms with Crippen molar-refractivity contribution < 1.29 is 14.4 Å². The third kappa shape index (κ3) is 10.4. The number of thiazole rings is 1. The molecule has 5 heterocycles. The van der Waals surface area contributed by atoms with Crippen LogP contribution in [0.2, 0.25) is 0 Å². The maximum absolute atomic E-state index is 13.6. The molecule has 2 amide bonds. The number of fused-ring (bicyclic) bond motifs is 1. The summed E-state index contributed by atoms with van der Waals surface area (Å²) in [5.41, 5.74) is 5.53. The van der Waals surface area contributed by atoms with Crippen LogP contribution in [0.1, 0.15) is 107 Å². The third-order valence-electron chi connectivity index (χ3n) is 11.9. The number of pyridine rings is 2.